The fourth-order valence-electron chi connectivity index (χ4n) is 4.49. The van der Waals surface area contributed by atoms with Crippen LogP contribution in [0.5, 0.6) is 0 Å². The number of carbonyl (C=O) groups excluding carboxylic acids is 4. The summed E-state index contributed by atoms with van der Waals surface area (Å²) in [7, 11) is 6.58. The Morgan fingerprint density at radius 1 is 1.08 bits per heavy atom. The molecule has 2 N–H and O–H groups in total. The zero-order valence-electron chi connectivity index (χ0n) is 20.2. The summed E-state index contributed by atoms with van der Waals surface area (Å²) in [6, 6.07) is 8.79. The van der Waals surface area contributed by atoms with E-state index in [4.69, 9.17) is 11.6 Å². The standard InChI is InChI=1S/C22H22B4ClF2N3O4/c23-20(24)8-15(16(33)30-18(20)35)32-9-10-7-12(3-6-14(10)17(32)34)22(25,26)31-19(36)21(28,29)11-1-4-13(27)5-2-11/h1-7,15H,8-9,23-26H2,(H,31,36)(H,30,33,35). The highest BCUT2D eigenvalue weighted by molar-refractivity contribution is 6.52. The normalized spacial score (nSPS) is 19.6. The van der Waals surface area contributed by atoms with Crippen LogP contribution >= 0.6 is 11.6 Å². The van der Waals surface area contributed by atoms with Gasteiger partial charge < -0.3 is 10.2 Å². The first-order chi connectivity index (χ1) is 16.6. The van der Waals surface area contributed by atoms with Crippen LogP contribution < -0.4 is 10.6 Å². The molecule has 0 spiro atoms. The number of nitrogens with one attached hydrogen (secondary N) is 2. The number of hydrogen-bond acceptors (Lipinski definition) is 4. The Morgan fingerprint density at radius 2 is 1.69 bits per heavy atom. The van der Waals surface area contributed by atoms with Crippen LogP contribution in [-0.4, -0.2) is 66.0 Å². The first-order valence-corrected chi connectivity index (χ1v) is 11.8. The van der Waals surface area contributed by atoms with E-state index in [1.54, 1.807) is 49.6 Å². The molecule has 0 aromatic heterocycles. The number of benzene rings is 2. The zero-order chi connectivity index (χ0) is 26.6. The summed E-state index contributed by atoms with van der Waals surface area (Å²) in [4.78, 5) is 51.6. The van der Waals surface area contributed by atoms with Crippen LogP contribution in [0.1, 0.15) is 33.5 Å². The van der Waals surface area contributed by atoms with Gasteiger partial charge in [-0.25, -0.2) is 0 Å². The van der Waals surface area contributed by atoms with Crippen molar-refractivity contribution in [2.24, 2.45) is 0 Å². The van der Waals surface area contributed by atoms with Gasteiger partial charge in [0.1, 0.15) is 37.4 Å². The minimum atomic E-state index is -3.79. The number of nitrogens with zero attached hydrogens (tertiary/aromatic N) is 1. The Kier molecular flexibility index (Phi) is 6.35. The van der Waals surface area contributed by atoms with Crippen molar-refractivity contribution in [1.82, 2.24) is 15.5 Å². The van der Waals surface area contributed by atoms with Gasteiger partial charge in [0, 0.05) is 28.0 Å². The van der Waals surface area contributed by atoms with E-state index in [-0.39, 0.29) is 29.8 Å². The average Bonchev–Trinajstić information content (AvgIpc) is 3.12. The van der Waals surface area contributed by atoms with Crippen LogP contribution in [0.25, 0.3) is 0 Å². The minimum absolute atomic E-state index is 0.120. The van der Waals surface area contributed by atoms with Crippen molar-refractivity contribution >= 4 is 66.6 Å². The number of halogens is 3. The average molecular weight is 509 g/mol. The summed E-state index contributed by atoms with van der Waals surface area (Å²) in [6.45, 7) is 0.120. The predicted octanol–water partition coefficient (Wildman–Crippen LogP) is -1.62. The zero-order valence-corrected chi connectivity index (χ0v) is 21.0. The number of carbonyl (C=O) groups is 4. The topological polar surface area (TPSA) is 95.6 Å². The van der Waals surface area contributed by atoms with Gasteiger partial charge in [-0.1, -0.05) is 35.9 Å². The largest absolute Gasteiger partial charge is 0.357 e. The lowest BCUT2D eigenvalue weighted by atomic mass is 9.50. The second-order valence-electron chi connectivity index (χ2n) is 10.4. The van der Waals surface area contributed by atoms with E-state index in [0.717, 1.165) is 12.1 Å². The van der Waals surface area contributed by atoms with Gasteiger partial charge in [0.15, 0.2) is 0 Å². The Bertz CT molecular complexity index is 1290. The SMILES string of the molecule is BC1(B)CC(N2Cc3cc(C(B)(B)NC(=O)C(F)(F)c4ccc(Cl)cc4)ccc3C2=O)C(=O)NC1=O. The minimum Gasteiger partial charge on any atom is -0.357 e. The molecule has 0 bridgehead atoms. The van der Waals surface area contributed by atoms with E-state index >= 15 is 0 Å². The molecular formula is C22H22B4ClF2N3O4. The second-order valence-corrected chi connectivity index (χ2v) is 10.8. The number of hydrogen-bond donors (Lipinski definition) is 2. The van der Waals surface area contributed by atoms with Crippen LogP contribution in [0.3, 0.4) is 0 Å². The first kappa shape index (κ1) is 26.0. The van der Waals surface area contributed by atoms with Crippen LogP contribution in [0.4, 0.5) is 8.78 Å². The van der Waals surface area contributed by atoms with Gasteiger partial charge in [-0.2, -0.15) is 8.78 Å². The molecule has 2 heterocycles. The Labute approximate surface area is 215 Å². The molecule has 0 radical (unpaired) electrons. The summed E-state index contributed by atoms with van der Waals surface area (Å²) in [5, 5.41) is 3.00. The third-order valence-electron chi connectivity index (χ3n) is 6.81. The summed E-state index contributed by atoms with van der Waals surface area (Å²) in [6.07, 6.45) is 0.186. The molecule has 182 valence electrons. The molecule has 2 aliphatic heterocycles. The predicted molar refractivity (Wildman–Crippen MR) is 140 cm³/mol. The van der Waals surface area contributed by atoms with E-state index < -0.39 is 39.9 Å². The van der Waals surface area contributed by atoms with Crippen molar-refractivity contribution in [2.75, 3.05) is 0 Å². The fraction of sp³-hybridized carbons (Fsp3) is 0.273. The monoisotopic (exact) mass is 509 g/mol. The van der Waals surface area contributed by atoms with Gasteiger partial charge >= 0.3 is 5.92 Å². The number of rotatable bonds is 5. The van der Waals surface area contributed by atoms with Crippen LogP contribution in [-0.2, 0) is 32.2 Å². The van der Waals surface area contributed by atoms with E-state index in [0.29, 0.717) is 16.7 Å². The van der Waals surface area contributed by atoms with E-state index in [1.165, 1.54) is 17.0 Å². The Morgan fingerprint density at radius 3 is 2.33 bits per heavy atom. The van der Waals surface area contributed by atoms with Crippen LogP contribution in [0, 0.1) is 0 Å². The van der Waals surface area contributed by atoms with E-state index in [9.17, 15) is 28.0 Å². The molecule has 0 aliphatic carbocycles. The molecule has 1 fully saturated rings. The fourth-order valence-corrected chi connectivity index (χ4v) is 4.62. The smallest absolute Gasteiger partial charge is 0.349 e. The molecule has 1 atom stereocenters. The van der Waals surface area contributed by atoms with Crippen molar-refractivity contribution in [3.63, 3.8) is 0 Å². The van der Waals surface area contributed by atoms with Gasteiger partial charge in [-0.05, 0) is 41.0 Å². The maximum absolute atomic E-state index is 14.8. The molecule has 4 rings (SSSR count). The molecule has 1 saturated heterocycles. The highest BCUT2D eigenvalue weighted by atomic mass is 35.5. The molecule has 2 aliphatic rings. The molecule has 2 aromatic carbocycles. The quantitative estimate of drug-likeness (QED) is 0.375. The molecule has 7 nitrogen and oxygen atoms in total. The Hall–Kier alpha value is -3.07. The number of imide groups is 1. The lowest BCUT2D eigenvalue weighted by Gasteiger charge is -2.37. The first-order valence-electron chi connectivity index (χ1n) is 11.4. The molecular weight excluding hydrogens is 487 g/mol. The van der Waals surface area contributed by atoms with Crippen molar-refractivity contribution in [2.45, 2.75) is 35.5 Å². The van der Waals surface area contributed by atoms with Crippen LogP contribution in [0.2, 0.25) is 10.2 Å². The number of amides is 4. The maximum atomic E-state index is 14.8. The lowest BCUT2D eigenvalue weighted by Crippen LogP contribution is -2.58. The summed E-state index contributed by atoms with van der Waals surface area (Å²) in [5.74, 6) is -6.53. The van der Waals surface area contributed by atoms with E-state index in [1.807, 2.05) is 0 Å². The molecule has 2 aromatic rings. The molecule has 36 heavy (non-hydrogen) atoms. The highest BCUT2D eigenvalue weighted by Gasteiger charge is 2.46. The third-order valence-corrected chi connectivity index (χ3v) is 7.06. The summed E-state index contributed by atoms with van der Waals surface area (Å²) in [5.41, 5.74) is 1.02. The molecule has 14 heteroatoms. The maximum Gasteiger partial charge on any atom is 0.349 e. The van der Waals surface area contributed by atoms with Crippen LogP contribution in [0.15, 0.2) is 42.5 Å². The number of piperidine rings is 1. The van der Waals surface area contributed by atoms with Gasteiger partial charge in [-0.3, -0.25) is 24.5 Å². The molecule has 4 amide bonds. The number of fused-ring (bicyclic) bond motifs is 1. The second kappa shape index (κ2) is 8.80. The van der Waals surface area contributed by atoms with Crippen molar-refractivity contribution in [1.29, 1.82) is 0 Å². The van der Waals surface area contributed by atoms with Gasteiger partial charge in [0.05, 0.1) is 0 Å². The van der Waals surface area contributed by atoms with E-state index in [2.05, 4.69) is 10.6 Å². The molecule has 0 saturated carbocycles. The summed E-state index contributed by atoms with van der Waals surface area (Å²) < 4.78 is 29.6. The lowest BCUT2D eigenvalue weighted by molar-refractivity contribution is -0.147. The van der Waals surface area contributed by atoms with Gasteiger partial charge in [-0.15, -0.1) is 0 Å². The molecule has 1 unspecified atom stereocenters. The van der Waals surface area contributed by atoms with Crippen molar-refractivity contribution < 1.29 is 28.0 Å². The van der Waals surface area contributed by atoms with Crippen molar-refractivity contribution in [3.05, 3.63) is 69.7 Å². The number of alkyl halides is 2. The Balaban J connectivity index is 1.54. The summed E-state index contributed by atoms with van der Waals surface area (Å²) >= 11 is 5.76. The highest BCUT2D eigenvalue weighted by Crippen LogP contribution is 2.35. The van der Waals surface area contributed by atoms with Gasteiger partial charge in [0.25, 0.3) is 11.8 Å². The van der Waals surface area contributed by atoms with Gasteiger partial charge in [0.2, 0.25) is 11.8 Å². The third kappa shape index (κ3) is 4.56. The van der Waals surface area contributed by atoms with Crippen molar-refractivity contribution in [3.8, 4) is 0 Å².